The zero-order valence-corrected chi connectivity index (χ0v) is 12.5. The molecule has 18 heavy (non-hydrogen) atoms. The van der Waals surface area contributed by atoms with Gasteiger partial charge in [0.1, 0.15) is 0 Å². The summed E-state index contributed by atoms with van der Waals surface area (Å²) in [6, 6.07) is 9.25. The lowest BCUT2D eigenvalue weighted by molar-refractivity contribution is 0.250. The first-order valence-electron chi connectivity index (χ1n) is 6.66. The predicted molar refractivity (Wildman–Crippen MR) is 81.2 cm³/mol. The molecule has 1 rings (SSSR count). The highest BCUT2D eigenvalue weighted by atomic mass is 32.2. The normalized spacial score (nSPS) is 14.4. The van der Waals surface area contributed by atoms with Gasteiger partial charge in [-0.05, 0) is 36.3 Å². The molecule has 0 saturated heterocycles. The highest BCUT2D eigenvalue weighted by Crippen LogP contribution is 2.20. The molecule has 2 unspecified atom stereocenters. The molecule has 0 aliphatic carbocycles. The molecule has 1 aromatic carbocycles. The number of hydrogen-bond acceptors (Lipinski definition) is 3. The molecule has 0 saturated carbocycles. The van der Waals surface area contributed by atoms with Crippen molar-refractivity contribution in [3.63, 3.8) is 0 Å². The van der Waals surface area contributed by atoms with E-state index >= 15 is 0 Å². The first-order valence-corrected chi connectivity index (χ1v) is 7.81. The molecule has 2 atom stereocenters. The number of aliphatic hydroxyl groups excluding tert-OH is 1. The summed E-state index contributed by atoms with van der Waals surface area (Å²) in [7, 11) is 2.01. The largest absolute Gasteiger partial charge is 0.396 e. The highest BCUT2D eigenvalue weighted by Gasteiger charge is 2.10. The van der Waals surface area contributed by atoms with Crippen LogP contribution in [-0.4, -0.2) is 30.3 Å². The molecule has 0 aliphatic heterocycles. The molecule has 102 valence electrons. The van der Waals surface area contributed by atoms with Crippen LogP contribution in [0.5, 0.6) is 0 Å². The third-order valence-corrected chi connectivity index (χ3v) is 4.51. The molecule has 0 spiro atoms. The number of hydrogen-bond donors (Lipinski definition) is 2. The molecular weight excluding hydrogens is 242 g/mol. The molecule has 0 bridgehead atoms. The van der Waals surface area contributed by atoms with Crippen LogP contribution in [0.15, 0.2) is 24.3 Å². The first kappa shape index (κ1) is 15.5. The Morgan fingerprint density at radius 1 is 1.22 bits per heavy atom. The Hall–Kier alpha value is -0.510. The number of nitrogens with one attached hydrogen (secondary N) is 1. The van der Waals surface area contributed by atoms with Crippen molar-refractivity contribution >= 4 is 11.8 Å². The van der Waals surface area contributed by atoms with E-state index in [2.05, 4.69) is 43.4 Å². The Morgan fingerprint density at radius 3 is 2.39 bits per heavy atom. The van der Waals surface area contributed by atoms with Crippen molar-refractivity contribution in [1.82, 2.24) is 5.32 Å². The fraction of sp³-hybridized carbons (Fsp3) is 0.600. The second kappa shape index (κ2) is 8.57. The van der Waals surface area contributed by atoms with E-state index in [4.69, 9.17) is 5.11 Å². The van der Waals surface area contributed by atoms with Crippen LogP contribution < -0.4 is 5.32 Å². The van der Waals surface area contributed by atoms with Crippen LogP contribution in [-0.2, 0) is 6.42 Å². The standard InChI is InChI=1S/C15H25NOS/c1-4-13-5-7-14(8-6-13)15(16-3)11-18-10-12(2)9-17/h5-8,12,15-17H,4,9-11H2,1-3H3. The second-order valence-corrected chi connectivity index (χ2v) is 5.84. The number of benzene rings is 1. The Morgan fingerprint density at radius 2 is 1.89 bits per heavy atom. The van der Waals surface area contributed by atoms with Crippen LogP contribution in [0.4, 0.5) is 0 Å². The summed E-state index contributed by atoms with van der Waals surface area (Å²) >= 11 is 1.90. The fourth-order valence-corrected chi connectivity index (χ4v) is 3.01. The topological polar surface area (TPSA) is 32.3 Å². The minimum atomic E-state index is 0.280. The summed E-state index contributed by atoms with van der Waals surface area (Å²) in [4.78, 5) is 0. The van der Waals surface area contributed by atoms with Crippen LogP contribution in [0, 0.1) is 5.92 Å². The van der Waals surface area contributed by atoms with Crippen LogP contribution >= 0.6 is 11.8 Å². The third-order valence-electron chi connectivity index (χ3n) is 3.14. The van der Waals surface area contributed by atoms with Gasteiger partial charge in [-0.15, -0.1) is 0 Å². The molecule has 0 aliphatic rings. The van der Waals surface area contributed by atoms with Gasteiger partial charge in [-0.3, -0.25) is 0 Å². The van der Waals surface area contributed by atoms with Gasteiger partial charge in [0.05, 0.1) is 0 Å². The van der Waals surface area contributed by atoms with Gasteiger partial charge < -0.3 is 10.4 Å². The van der Waals surface area contributed by atoms with Gasteiger partial charge in [-0.2, -0.15) is 11.8 Å². The van der Waals surface area contributed by atoms with E-state index in [0.29, 0.717) is 12.0 Å². The van der Waals surface area contributed by atoms with Crippen molar-refractivity contribution in [2.75, 3.05) is 25.2 Å². The predicted octanol–water partition coefficient (Wildman–Crippen LogP) is 2.87. The van der Waals surface area contributed by atoms with Gasteiger partial charge in [-0.1, -0.05) is 38.1 Å². The highest BCUT2D eigenvalue weighted by molar-refractivity contribution is 7.99. The maximum atomic E-state index is 9.00. The first-order chi connectivity index (χ1) is 8.71. The Balaban J connectivity index is 2.49. The van der Waals surface area contributed by atoms with E-state index in [1.807, 2.05) is 18.8 Å². The molecular formula is C15H25NOS. The van der Waals surface area contributed by atoms with E-state index in [1.165, 1.54) is 11.1 Å². The summed E-state index contributed by atoms with van der Waals surface area (Å²) in [5.41, 5.74) is 2.73. The maximum absolute atomic E-state index is 9.00. The summed E-state index contributed by atoms with van der Waals surface area (Å²) in [6.45, 7) is 4.54. The number of aliphatic hydroxyl groups is 1. The van der Waals surface area contributed by atoms with Gasteiger partial charge in [0.2, 0.25) is 0 Å². The molecule has 1 aromatic rings. The number of aryl methyl sites for hydroxylation is 1. The molecule has 0 radical (unpaired) electrons. The molecule has 0 amide bonds. The SMILES string of the molecule is CCc1ccc(C(CSCC(C)CO)NC)cc1. The van der Waals surface area contributed by atoms with Gasteiger partial charge in [0.15, 0.2) is 0 Å². The molecule has 2 nitrogen and oxygen atoms in total. The smallest absolute Gasteiger partial charge is 0.0464 e. The summed E-state index contributed by atoms with van der Waals surface area (Å²) in [5.74, 6) is 2.45. The van der Waals surface area contributed by atoms with Crippen molar-refractivity contribution in [3.05, 3.63) is 35.4 Å². The van der Waals surface area contributed by atoms with Crippen molar-refractivity contribution in [3.8, 4) is 0 Å². The van der Waals surface area contributed by atoms with Crippen LogP contribution in [0.3, 0.4) is 0 Å². The quantitative estimate of drug-likeness (QED) is 0.759. The van der Waals surface area contributed by atoms with E-state index < -0.39 is 0 Å². The number of thioether (sulfide) groups is 1. The third kappa shape index (κ3) is 5.01. The Labute approximate surface area is 115 Å². The average molecular weight is 267 g/mol. The van der Waals surface area contributed by atoms with E-state index in [0.717, 1.165) is 17.9 Å². The van der Waals surface area contributed by atoms with Gasteiger partial charge in [0, 0.05) is 18.4 Å². The maximum Gasteiger partial charge on any atom is 0.0464 e. The zero-order chi connectivity index (χ0) is 13.4. The fourth-order valence-electron chi connectivity index (χ4n) is 1.77. The van der Waals surface area contributed by atoms with Crippen LogP contribution in [0.2, 0.25) is 0 Å². The van der Waals surface area contributed by atoms with Gasteiger partial charge in [0.25, 0.3) is 0 Å². The number of rotatable bonds is 8. The lowest BCUT2D eigenvalue weighted by Crippen LogP contribution is -2.19. The Kier molecular flexibility index (Phi) is 7.40. The molecule has 0 fully saturated rings. The molecule has 2 N–H and O–H groups in total. The van der Waals surface area contributed by atoms with Crippen molar-refractivity contribution in [1.29, 1.82) is 0 Å². The summed E-state index contributed by atoms with van der Waals surface area (Å²) in [6.07, 6.45) is 1.09. The zero-order valence-electron chi connectivity index (χ0n) is 11.6. The molecule has 3 heteroatoms. The minimum absolute atomic E-state index is 0.280. The average Bonchev–Trinajstić information content (AvgIpc) is 2.43. The van der Waals surface area contributed by atoms with E-state index in [9.17, 15) is 0 Å². The van der Waals surface area contributed by atoms with E-state index in [-0.39, 0.29) is 6.61 Å². The lowest BCUT2D eigenvalue weighted by Gasteiger charge is -2.17. The monoisotopic (exact) mass is 267 g/mol. The van der Waals surface area contributed by atoms with Gasteiger partial charge in [-0.25, -0.2) is 0 Å². The Bertz CT molecular complexity index is 326. The van der Waals surface area contributed by atoms with Crippen LogP contribution in [0.25, 0.3) is 0 Å². The van der Waals surface area contributed by atoms with E-state index in [1.54, 1.807) is 0 Å². The summed E-state index contributed by atoms with van der Waals surface area (Å²) in [5, 5.41) is 12.4. The van der Waals surface area contributed by atoms with Crippen molar-refractivity contribution < 1.29 is 5.11 Å². The van der Waals surface area contributed by atoms with Crippen molar-refractivity contribution in [2.45, 2.75) is 26.3 Å². The van der Waals surface area contributed by atoms with Gasteiger partial charge >= 0.3 is 0 Å². The van der Waals surface area contributed by atoms with Crippen LogP contribution in [0.1, 0.15) is 31.0 Å². The minimum Gasteiger partial charge on any atom is -0.396 e. The lowest BCUT2D eigenvalue weighted by atomic mass is 10.1. The van der Waals surface area contributed by atoms with Crippen molar-refractivity contribution in [2.24, 2.45) is 5.92 Å². The molecule has 0 aromatic heterocycles. The molecule has 0 heterocycles. The second-order valence-electron chi connectivity index (χ2n) is 4.76. The summed E-state index contributed by atoms with van der Waals surface area (Å²) < 4.78 is 0.